The van der Waals surface area contributed by atoms with Gasteiger partial charge in [0.2, 0.25) is 0 Å². The predicted octanol–water partition coefficient (Wildman–Crippen LogP) is 6.25. The Kier molecular flexibility index (Phi) is 3.53. The molecule has 0 nitrogen and oxygen atoms in total. The zero-order valence-corrected chi connectivity index (χ0v) is 13.4. The molecule has 1 aliphatic heterocycles. The quantitative estimate of drug-likeness (QED) is 0.479. The molecule has 0 atom stereocenters. The van der Waals surface area contributed by atoms with E-state index in [1.807, 2.05) is 31.2 Å². The number of benzene rings is 2. The molecule has 0 aliphatic carbocycles. The summed E-state index contributed by atoms with van der Waals surface area (Å²) in [6, 6.07) is 7.61. The van der Waals surface area contributed by atoms with Crippen LogP contribution in [0.5, 0.6) is 0 Å². The van der Waals surface area contributed by atoms with Gasteiger partial charge in [-0.25, -0.2) is 0 Å². The third-order valence-electron chi connectivity index (χ3n) is 3.83. The molecule has 5 heteroatoms. The molecule has 0 bridgehead atoms. The highest BCUT2D eigenvalue weighted by molar-refractivity contribution is 8.05. The van der Waals surface area contributed by atoms with E-state index >= 15 is 0 Å². The van der Waals surface area contributed by atoms with Gasteiger partial charge in [0.25, 0.3) is 0 Å². The molecule has 2 aromatic rings. The van der Waals surface area contributed by atoms with E-state index in [0.717, 1.165) is 25.8 Å². The number of alkyl halides is 3. The van der Waals surface area contributed by atoms with Gasteiger partial charge in [-0.2, -0.15) is 13.2 Å². The molecular weight excluding hydrogens is 313 g/mol. The van der Waals surface area contributed by atoms with Gasteiger partial charge in [-0.1, -0.05) is 35.7 Å². The molecule has 110 valence electrons. The summed E-state index contributed by atoms with van der Waals surface area (Å²) in [7, 11) is 0. The highest BCUT2D eigenvalue weighted by Gasteiger charge is 2.39. The van der Waals surface area contributed by atoms with E-state index in [0.29, 0.717) is 10.5 Å². The highest BCUT2D eigenvalue weighted by atomic mass is 32.2. The monoisotopic (exact) mass is 326 g/mol. The molecule has 3 rings (SSSR count). The Morgan fingerprint density at radius 2 is 1.29 bits per heavy atom. The number of hydrogen-bond donors (Lipinski definition) is 0. The van der Waals surface area contributed by atoms with Gasteiger partial charge in [-0.15, -0.1) is 0 Å². The van der Waals surface area contributed by atoms with Crippen molar-refractivity contribution in [3.8, 4) is 0 Å². The molecule has 21 heavy (non-hydrogen) atoms. The molecule has 2 aromatic carbocycles. The van der Waals surface area contributed by atoms with Gasteiger partial charge in [0.15, 0.2) is 0 Å². The van der Waals surface area contributed by atoms with Crippen LogP contribution in [0.15, 0.2) is 43.8 Å². The van der Waals surface area contributed by atoms with Crippen molar-refractivity contribution in [3.63, 3.8) is 0 Å². The van der Waals surface area contributed by atoms with E-state index in [2.05, 4.69) is 0 Å². The van der Waals surface area contributed by atoms with Crippen LogP contribution in [-0.4, -0.2) is 0 Å². The summed E-state index contributed by atoms with van der Waals surface area (Å²) < 4.78 is 40.5. The first-order valence-electron chi connectivity index (χ1n) is 6.46. The van der Waals surface area contributed by atoms with Crippen molar-refractivity contribution in [2.75, 3.05) is 0 Å². The van der Waals surface area contributed by atoms with Gasteiger partial charge in [-0.05, 0) is 49.6 Å². The average Bonchev–Trinajstić information content (AvgIpc) is 2.42. The van der Waals surface area contributed by atoms with E-state index in [4.69, 9.17) is 0 Å². The van der Waals surface area contributed by atoms with E-state index in [9.17, 15) is 13.2 Å². The molecule has 0 fully saturated rings. The molecule has 0 spiro atoms. The Hall–Kier alpha value is -1.07. The molecule has 1 aliphatic rings. The summed E-state index contributed by atoms with van der Waals surface area (Å²) in [6.45, 7) is 5.24. The van der Waals surface area contributed by atoms with Crippen LogP contribution < -0.4 is 0 Å². The minimum absolute atomic E-state index is 0.339. The number of rotatable bonds is 0. The second-order valence-electron chi connectivity index (χ2n) is 5.06. The van der Waals surface area contributed by atoms with Crippen LogP contribution in [0.3, 0.4) is 0 Å². The smallest absolute Gasteiger partial charge is 0.166 e. The van der Waals surface area contributed by atoms with Crippen molar-refractivity contribution >= 4 is 23.5 Å². The lowest BCUT2D eigenvalue weighted by Gasteiger charge is -2.27. The maximum atomic E-state index is 13.5. The molecule has 0 amide bonds. The lowest BCUT2D eigenvalue weighted by molar-refractivity contribution is -0.140. The topological polar surface area (TPSA) is 0 Å². The molecule has 1 heterocycles. The van der Waals surface area contributed by atoms with Crippen LogP contribution in [0.25, 0.3) is 0 Å². The van der Waals surface area contributed by atoms with Crippen LogP contribution in [-0.2, 0) is 6.18 Å². The van der Waals surface area contributed by atoms with Crippen LogP contribution in [0, 0.1) is 20.8 Å². The van der Waals surface area contributed by atoms with Crippen molar-refractivity contribution in [1.82, 2.24) is 0 Å². The van der Waals surface area contributed by atoms with E-state index in [-0.39, 0.29) is 0 Å². The Morgan fingerprint density at radius 3 is 1.81 bits per heavy atom. The summed E-state index contributed by atoms with van der Waals surface area (Å²) in [5.74, 6) is 0. The molecule has 0 unspecified atom stereocenters. The zero-order valence-electron chi connectivity index (χ0n) is 11.8. The van der Waals surface area contributed by atoms with Gasteiger partial charge < -0.3 is 0 Å². The largest absolute Gasteiger partial charge is 0.417 e. The van der Waals surface area contributed by atoms with Gasteiger partial charge in [0.1, 0.15) is 0 Å². The number of fused-ring (bicyclic) bond motifs is 2. The standard InChI is InChI=1S/C16H13F3S2/c1-8-9(2)13(16(17,18)19)15-14(10(8)3)20-11-6-4-5-7-12(11)21-15/h4-7H,1-3H3. The molecule has 0 aromatic heterocycles. The highest BCUT2D eigenvalue weighted by Crippen LogP contribution is 2.55. The normalized spacial score (nSPS) is 13.8. The fourth-order valence-electron chi connectivity index (χ4n) is 2.49. The summed E-state index contributed by atoms with van der Waals surface area (Å²) >= 11 is 2.67. The number of halogens is 3. The zero-order chi connectivity index (χ0) is 15.4. The first kappa shape index (κ1) is 14.9. The van der Waals surface area contributed by atoms with Crippen molar-refractivity contribution in [1.29, 1.82) is 0 Å². The average molecular weight is 326 g/mol. The van der Waals surface area contributed by atoms with Crippen LogP contribution in [0.4, 0.5) is 13.2 Å². The molecular formula is C16H13F3S2. The first-order chi connectivity index (χ1) is 9.80. The Labute approximate surface area is 130 Å². The van der Waals surface area contributed by atoms with E-state index in [1.165, 1.54) is 23.5 Å². The minimum Gasteiger partial charge on any atom is -0.166 e. The van der Waals surface area contributed by atoms with Gasteiger partial charge in [0.05, 0.1) is 5.56 Å². The lowest BCUT2D eigenvalue weighted by Crippen LogP contribution is -2.13. The predicted molar refractivity (Wildman–Crippen MR) is 80.3 cm³/mol. The fraction of sp³-hybridized carbons (Fsp3) is 0.250. The summed E-state index contributed by atoms with van der Waals surface area (Å²) in [5.41, 5.74) is 1.54. The lowest BCUT2D eigenvalue weighted by atomic mass is 9.98. The Morgan fingerprint density at radius 1 is 0.762 bits per heavy atom. The Bertz CT molecular complexity index is 733. The van der Waals surface area contributed by atoms with E-state index < -0.39 is 11.7 Å². The molecule has 0 radical (unpaired) electrons. The van der Waals surface area contributed by atoms with Gasteiger partial charge in [0, 0.05) is 19.6 Å². The van der Waals surface area contributed by atoms with Crippen molar-refractivity contribution < 1.29 is 13.2 Å². The van der Waals surface area contributed by atoms with Gasteiger partial charge in [-0.3, -0.25) is 0 Å². The van der Waals surface area contributed by atoms with Crippen LogP contribution in [0.2, 0.25) is 0 Å². The summed E-state index contributed by atoms with van der Waals surface area (Å²) in [4.78, 5) is 3.01. The van der Waals surface area contributed by atoms with Gasteiger partial charge >= 0.3 is 6.18 Å². The van der Waals surface area contributed by atoms with E-state index in [1.54, 1.807) is 13.8 Å². The molecule has 0 saturated heterocycles. The van der Waals surface area contributed by atoms with Crippen molar-refractivity contribution in [3.05, 3.63) is 46.5 Å². The maximum absolute atomic E-state index is 13.5. The van der Waals surface area contributed by atoms with Crippen molar-refractivity contribution in [2.24, 2.45) is 0 Å². The maximum Gasteiger partial charge on any atom is 0.417 e. The number of hydrogen-bond acceptors (Lipinski definition) is 2. The second kappa shape index (κ2) is 4.99. The van der Waals surface area contributed by atoms with Crippen LogP contribution in [0.1, 0.15) is 22.3 Å². The Balaban J connectivity index is 2.31. The van der Waals surface area contributed by atoms with Crippen molar-refractivity contribution in [2.45, 2.75) is 46.5 Å². The molecule has 0 saturated carbocycles. The SMILES string of the molecule is Cc1c(C)c2c(c(C(F)(F)F)c1C)Sc1ccccc1S2. The minimum atomic E-state index is -4.33. The second-order valence-corrected chi connectivity index (χ2v) is 7.16. The third kappa shape index (κ3) is 2.36. The fourth-order valence-corrected chi connectivity index (χ4v) is 5.18. The summed E-state index contributed by atoms with van der Waals surface area (Å²) in [5, 5.41) is 0. The first-order valence-corrected chi connectivity index (χ1v) is 8.09. The summed E-state index contributed by atoms with van der Waals surface area (Å²) in [6.07, 6.45) is -4.33. The third-order valence-corrected chi connectivity index (χ3v) is 6.57. The molecule has 0 N–H and O–H groups in total. The van der Waals surface area contributed by atoms with Crippen LogP contribution >= 0.6 is 23.5 Å².